The molecule has 0 aliphatic heterocycles. The smallest absolute Gasteiger partial charge is 0.308 e. The summed E-state index contributed by atoms with van der Waals surface area (Å²) >= 11 is 0. The van der Waals surface area contributed by atoms with Crippen molar-refractivity contribution >= 4 is 5.97 Å². The van der Waals surface area contributed by atoms with Crippen LogP contribution >= 0.6 is 0 Å². The number of carboxylic acids is 1. The first-order valence-corrected chi connectivity index (χ1v) is 3.27. The zero-order valence-electron chi connectivity index (χ0n) is 5.49. The molecule has 1 unspecified atom stereocenters. The summed E-state index contributed by atoms with van der Waals surface area (Å²) in [5, 5.41) is 11.1. The third-order valence-corrected chi connectivity index (χ3v) is 1.78. The molecule has 0 bridgehead atoms. The zero-order valence-corrected chi connectivity index (χ0v) is 5.49. The van der Waals surface area contributed by atoms with E-state index < -0.39 is 11.9 Å². The van der Waals surface area contributed by atoms with Gasteiger partial charge in [0.05, 0.1) is 12.5 Å². The lowest BCUT2D eigenvalue weighted by Gasteiger charge is -2.03. The predicted octanol–water partition coefficient (Wildman–Crippen LogP) is 0.864. The Balaban J connectivity index is 2.41. The number of carbonyl (C=O) groups is 1. The van der Waals surface area contributed by atoms with Crippen molar-refractivity contribution in [3.63, 3.8) is 0 Å². The molecule has 1 N–H and O–H groups in total. The maximum atomic E-state index is 10.4. The van der Waals surface area contributed by atoms with Crippen LogP contribution in [0.5, 0.6) is 0 Å². The molecule has 0 aromatic rings. The summed E-state index contributed by atoms with van der Waals surface area (Å²) in [5.74, 6) is -1.19. The first-order chi connectivity index (χ1) is 4.75. The average Bonchev–Trinajstić information content (AvgIpc) is 2.63. The predicted molar refractivity (Wildman–Crippen MR) is 34.5 cm³/mol. The number of nitroso groups, excluding NO2 is 1. The van der Waals surface area contributed by atoms with E-state index in [0.29, 0.717) is 0 Å². The number of hydrogen-bond donors (Lipinski definition) is 1. The van der Waals surface area contributed by atoms with Gasteiger partial charge < -0.3 is 5.11 Å². The lowest BCUT2D eigenvalue weighted by Crippen LogP contribution is -2.18. The Kier molecular flexibility index (Phi) is 1.99. The molecule has 1 saturated carbocycles. The molecule has 0 amide bonds. The molecule has 1 fully saturated rings. The zero-order chi connectivity index (χ0) is 7.56. The molecular weight excluding hydrogens is 134 g/mol. The normalized spacial score (nSPS) is 20.0. The molecule has 1 rings (SSSR count). The van der Waals surface area contributed by atoms with Crippen molar-refractivity contribution in [1.29, 1.82) is 0 Å². The lowest BCUT2D eigenvalue weighted by molar-refractivity contribution is -0.142. The molecule has 1 atom stereocenters. The summed E-state index contributed by atoms with van der Waals surface area (Å²) in [6, 6.07) is 0. The van der Waals surface area contributed by atoms with E-state index in [4.69, 9.17) is 5.11 Å². The molecule has 4 heteroatoms. The highest BCUT2D eigenvalue weighted by Gasteiger charge is 2.36. The second-order valence-electron chi connectivity index (χ2n) is 2.59. The van der Waals surface area contributed by atoms with Gasteiger partial charge in [0.15, 0.2) is 0 Å². The average molecular weight is 143 g/mol. The van der Waals surface area contributed by atoms with Crippen LogP contribution in [0.3, 0.4) is 0 Å². The molecule has 0 radical (unpaired) electrons. The van der Waals surface area contributed by atoms with Crippen molar-refractivity contribution in [3.05, 3.63) is 4.91 Å². The van der Waals surface area contributed by atoms with Crippen molar-refractivity contribution < 1.29 is 9.90 Å². The Bertz CT molecular complexity index is 153. The van der Waals surface area contributed by atoms with Gasteiger partial charge in [0.1, 0.15) is 0 Å². The third kappa shape index (κ3) is 1.52. The minimum Gasteiger partial charge on any atom is -0.481 e. The van der Waals surface area contributed by atoms with Crippen LogP contribution in [-0.4, -0.2) is 17.6 Å². The highest BCUT2D eigenvalue weighted by atomic mass is 16.4. The molecule has 0 aromatic carbocycles. The SMILES string of the molecule is O=NCC(C(=O)O)C1CC1. The Hall–Kier alpha value is -0.930. The second-order valence-corrected chi connectivity index (χ2v) is 2.59. The largest absolute Gasteiger partial charge is 0.481 e. The second kappa shape index (κ2) is 2.77. The minimum atomic E-state index is -0.887. The van der Waals surface area contributed by atoms with Crippen molar-refractivity contribution in [3.8, 4) is 0 Å². The number of nitrogens with zero attached hydrogens (tertiary/aromatic N) is 1. The maximum Gasteiger partial charge on any atom is 0.308 e. The van der Waals surface area contributed by atoms with E-state index in [9.17, 15) is 9.70 Å². The van der Waals surface area contributed by atoms with E-state index in [1.165, 1.54) is 0 Å². The first kappa shape index (κ1) is 7.18. The van der Waals surface area contributed by atoms with Crippen LogP contribution in [0.1, 0.15) is 12.8 Å². The molecule has 1 aliphatic carbocycles. The third-order valence-electron chi connectivity index (χ3n) is 1.78. The molecule has 0 saturated heterocycles. The van der Waals surface area contributed by atoms with Gasteiger partial charge in [-0.3, -0.25) is 4.79 Å². The van der Waals surface area contributed by atoms with E-state index in [1.807, 2.05) is 0 Å². The molecule has 0 heterocycles. The van der Waals surface area contributed by atoms with Crippen LogP contribution in [-0.2, 0) is 4.79 Å². The van der Waals surface area contributed by atoms with Gasteiger partial charge in [-0.15, -0.1) is 0 Å². The molecule has 0 spiro atoms. The lowest BCUT2D eigenvalue weighted by atomic mass is 10.1. The quantitative estimate of drug-likeness (QED) is 0.593. The minimum absolute atomic E-state index is 0.0694. The Morgan fingerprint density at radius 3 is 2.60 bits per heavy atom. The van der Waals surface area contributed by atoms with Crippen molar-refractivity contribution in [2.24, 2.45) is 17.0 Å². The van der Waals surface area contributed by atoms with Crippen molar-refractivity contribution in [2.75, 3.05) is 6.54 Å². The summed E-state index contributed by atoms with van der Waals surface area (Å²) in [7, 11) is 0. The van der Waals surface area contributed by atoms with Crippen molar-refractivity contribution in [1.82, 2.24) is 0 Å². The van der Waals surface area contributed by atoms with E-state index in [0.717, 1.165) is 12.8 Å². The molecule has 10 heavy (non-hydrogen) atoms. The number of carboxylic acid groups (broad SMARTS) is 1. The summed E-state index contributed by atoms with van der Waals surface area (Å²) in [6.07, 6.45) is 1.87. The van der Waals surface area contributed by atoms with Crippen molar-refractivity contribution in [2.45, 2.75) is 12.8 Å². The van der Waals surface area contributed by atoms with Crippen LogP contribution in [0.2, 0.25) is 0 Å². The van der Waals surface area contributed by atoms with Gasteiger partial charge in [-0.1, -0.05) is 5.18 Å². The topological polar surface area (TPSA) is 66.7 Å². The monoisotopic (exact) mass is 143 g/mol. The molecule has 1 aliphatic rings. The van der Waals surface area contributed by atoms with E-state index in [1.54, 1.807) is 0 Å². The first-order valence-electron chi connectivity index (χ1n) is 3.27. The van der Waals surface area contributed by atoms with Crippen LogP contribution in [0.4, 0.5) is 0 Å². The Labute approximate surface area is 58.2 Å². The van der Waals surface area contributed by atoms with Gasteiger partial charge in [-0.05, 0) is 18.8 Å². The van der Waals surface area contributed by atoms with Gasteiger partial charge in [-0.25, -0.2) is 0 Å². The number of rotatable bonds is 4. The van der Waals surface area contributed by atoms with Crippen LogP contribution in [0, 0.1) is 16.7 Å². The maximum absolute atomic E-state index is 10.4. The van der Waals surface area contributed by atoms with Gasteiger partial charge in [0, 0.05) is 0 Å². The highest BCUT2D eigenvalue weighted by Crippen LogP contribution is 2.36. The van der Waals surface area contributed by atoms with Gasteiger partial charge >= 0.3 is 5.97 Å². The molecule has 56 valence electrons. The summed E-state index contributed by atoms with van der Waals surface area (Å²) in [4.78, 5) is 20.1. The van der Waals surface area contributed by atoms with E-state index in [2.05, 4.69) is 5.18 Å². The van der Waals surface area contributed by atoms with Crippen LogP contribution in [0.25, 0.3) is 0 Å². The number of aliphatic carboxylic acids is 1. The fraction of sp³-hybridized carbons (Fsp3) is 0.833. The molecular formula is C6H9NO3. The fourth-order valence-electron chi connectivity index (χ4n) is 1.01. The van der Waals surface area contributed by atoms with E-state index in [-0.39, 0.29) is 12.5 Å². The summed E-state index contributed by atoms with van der Waals surface area (Å²) < 4.78 is 0. The van der Waals surface area contributed by atoms with Gasteiger partial charge in [0.2, 0.25) is 0 Å². The Morgan fingerprint density at radius 1 is 1.70 bits per heavy atom. The molecule has 4 nitrogen and oxygen atoms in total. The fourth-order valence-corrected chi connectivity index (χ4v) is 1.01. The van der Waals surface area contributed by atoms with Gasteiger partial charge in [0.25, 0.3) is 0 Å². The van der Waals surface area contributed by atoms with Gasteiger partial charge in [-0.2, -0.15) is 4.91 Å². The Morgan fingerprint density at radius 2 is 2.30 bits per heavy atom. The van der Waals surface area contributed by atoms with Crippen LogP contribution < -0.4 is 0 Å². The number of hydrogen-bond acceptors (Lipinski definition) is 3. The van der Waals surface area contributed by atoms with Crippen LogP contribution in [0.15, 0.2) is 5.18 Å². The standard InChI is InChI=1S/C6H9NO3/c8-6(9)5(3-7-10)4-1-2-4/h4-5H,1-3H2,(H,8,9). The summed E-state index contributed by atoms with van der Waals surface area (Å²) in [6.45, 7) is -0.0694. The summed E-state index contributed by atoms with van der Waals surface area (Å²) in [5.41, 5.74) is 0. The highest BCUT2D eigenvalue weighted by molar-refractivity contribution is 5.71. The van der Waals surface area contributed by atoms with E-state index >= 15 is 0 Å². The molecule has 0 aromatic heterocycles.